The normalized spacial score (nSPS) is 54.2. The van der Waals surface area contributed by atoms with E-state index < -0.39 is 0 Å². The summed E-state index contributed by atoms with van der Waals surface area (Å²) in [6.45, 7) is 2.53. The van der Waals surface area contributed by atoms with Crippen molar-refractivity contribution in [1.82, 2.24) is 0 Å². The molecule has 0 aromatic carbocycles. The Balaban J connectivity index is 1.70. The molecule has 4 aliphatic carbocycles. The topological polar surface area (TPSA) is 60.7 Å². The first-order valence-electron chi connectivity index (χ1n) is 9.18. The molecule has 3 saturated carbocycles. The lowest BCUT2D eigenvalue weighted by atomic mass is 9.47. The number of hydrogen-bond donors (Lipinski definition) is 3. The minimum absolute atomic E-state index is 0.0724. The van der Waals surface area contributed by atoms with Crippen molar-refractivity contribution in [3.63, 3.8) is 0 Å². The van der Waals surface area contributed by atoms with Crippen molar-refractivity contribution in [2.45, 2.75) is 70.5 Å². The van der Waals surface area contributed by atoms with Crippen LogP contribution in [0.4, 0.5) is 0 Å². The van der Waals surface area contributed by atoms with Crippen LogP contribution in [0.5, 0.6) is 0 Å². The summed E-state index contributed by atoms with van der Waals surface area (Å²) in [5, 5.41) is 30.8. The van der Waals surface area contributed by atoms with Crippen molar-refractivity contribution in [3.05, 3.63) is 11.6 Å². The van der Waals surface area contributed by atoms with Crippen LogP contribution in [0.3, 0.4) is 0 Å². The standard InChI is InChI=1S/C19H30O3/c1-18-8-7-16-14(15(18)4-5-17(18)22)3-2-12-10-13(21)6-9-19(12,16)11-20/h2,13-17,20-22H,3-11H2,1H3/t13-,14-,15?,16?,17-,18-,19+/m0/s1. The second kappa shape index (κ2) is 5.06. The van der Waals surface area contributed by atoms with Crippen molar-refractivity contribution in [2.75, 3.05) is 6.61 Å². The van der Waals surface area contributed by atoms with Gasteiger partial charge in [0.25, 0.3) is 0 Å². The van der Waals surface area contributed by atoms with E-state index in [2.05, 4.69) is 13.0 Å². The summed E-state index contributed by atoms with van der Waals surface area (Å²) in [4.78, 5) is 0. The quantitative estimate of drug-likeness (QED) is 0.653. The Morgan fingerprint density at radius 1 is 1.09 bits per heavy atom. The lowest BCUT2D eigenvalue weighted by molar-refractivity contribution is -0.0889. The van der Waals surface area contributed by atoms with Gasteiger partial charge in [-0.1, -0.05) is 18.6 Å². The molecule has 0 aromatic rings. The highest BCUT2D eigenvalue weighted by atomic mass is 16.3. The Morgan fingerprint density at radius 3 is 2.68 bits per heavy atom. The molecule has 0 heterocycles. The Kier molecular flexibility index (Phi) is 3.49. The van der Waals surface area contributed by atoms with Crippen LogP contribution in [0, 0.1) is 28.6 Å². The van der Waals surface area contributed by atoms with Gasteiger partial charge in [-0.15, -0.1) is 0 Å². The average Bonchev–Trinajstić information content (AvgIpc) is 2.82. The van der Waals surface area contributed by atoms with E-state index >= 15 is 0 Å². The third-order valence-corrected chi connectivity index (χ3v) is 8.03. The maximum absolute atomic E-state index is 10.5. The van der Waals surface area contributed by atoms with Crippen molar-refractivity contribution in [3.8, 4) is 0 Å². The summed E-state index contributed by atoms with van der Waals surface area (Å²) >= 11 is 0. The molecule has 3 fully saturated rings. The smallest absolute Gasteiger partial charge is 0.0596 e. The highest BCUT2D eigenvalue weighted by molar-refractivity contribution is 5.26. The van der Waals surface area contributed by atoms with Crippen LogP contribution in [-0.2, 0) is 0 Å². The van der Waals surface area contributed by atoms with Gasteiger partial charge in [0.15, 0.2) is 0 Å². The van der Waals surface area contributed by atoms with Crippen molar-refractivity contribution in [1.29, 1.82) is 0 Å². The molecule has 0 spiro atoms. The first-order valence-corrected chi connectivity index (χ1v) is 9.18. The van der Waals surface area contributed by atoms with Crippen LogP contribution in [-0.4, -0.2) is 34.1 Å². The van der Waals surface area contributed by atoms with Gasteiger partial charge in [0.05, 0.1) is 18.8 Å². The van der Waals surface area contributed by atoms with Crippen molar-refractivity contribution in [2.24, 2.45) is 28.6 Å². The third kappa shape index (κ3) is 1.85. The maximum Gasteiger partial charge on any atom is 0.0596 e. The van der Waals surface area contributed by atoms with Gasteiger partial charge < -0.3 is 15.3 Å². The molecule has 4 aliphatic rings. The van der Waals surface area contributed by atoms with Gasteiger partial charge in [-0.05, 0) is 74.5 Å². The molecule has 3 heteroatoms. The van der Waals surface area contributed by atoms with Gasteiger partial charge in [-0.2, -0.15) is 0 Å². The maximum atomic E-state index is 10.5. The first-order chi connectivity index (χ1) is 10.5. The molecule has 124 valence electrons. The lowest BCUT2D eigenvalue weighted by Crippen LogP contribution is -2.53. The predicted octanol–water partition coefficient (Wildman–Crippen LogP) is 2.64. The Bertz CT molecular complexity index is 487. The van der Waals surface area contributed by atoms with E-state index in [-0.39, 0.29) is 29.6 Å². The Labute approximate surface area is 133 Å². The molecule has 7 atom stereocenters. The number of aliphatic hydroxyl groups excluding tert-OH is 3. The molecule has 0 aromatic heterocycles. The molecule has 0 aliphatic heterocycles. The lowest BCUT2D eigenvalue weighted by Gasteiger charge is -2.58. The summed E-state index contributed by atoms with van der Waals surface area (Å²) in [6, 6.07) is 0. The molecule has 0 radical (unpaired) electrons. The SMILES string of the molecule is C[C@]12CCC3[C@@H](CC=C4C[C@@H](O)CC[C@@]43CO)C1CC[C@@H]2O. The van der Waals surface area contributed by atoms with Gasteiger partial charge in [0.1, 0.15) is 0 Å². The second-order valence-electron chi connectivity index (χ2n) is 8.69. The summed E-state index contributed by atoms with van der Waals surface area (Å²) in [6.07, 6.45) is 9.91. The van der Waals surface area contributed by atoms with E-state index in [1.807, 2.05) is 0 Å². The zero-order chi connectivity index (χ0) is 15.5. The van der Waals surface area contributed by atoms with Crippen LogP contribution in [0.15, 0.2) is 11.6 Å². The second-order valence-corrected chi connectivity index (χ2v) is 8.69. The van der Waals surface area contributed by atoms with Crippen LogP contribution in [0.1, 0.15) is 58.3 Å². The van der Waals surface area contributed by atoms with Crippen LogP contribution < -0.4 is 0 Å². The Hall–Kier alpha value is -0.380. The van der Waals surface area contributed by atoms with Gasteiger partial charge >= 0.3 is 0 Å². The van der Waals surface area contributed by atoms with Crippen molar-refractivity contribution < 1.29 is 15.3 Å². The molecule has 0 saturated heterocycles. The van der Waals surface area contributed by atoms with Crippen LogP contribution in [0.2, 0.25) is 0 Å². The monoisotopic (exact) mass is 306 g/mol. The number of aliphatic hydroxyl groups is 3. The summed E-state index contributed by atoms with van der Waals surface area (Å²) < 4.78 is 0. The molecular weight excluding hydrogens is 276 g/mol. The number of allylic oxidation sites excluding steroid dienone is 1. The predicted molar refractivity (Wildman–Crippen MR) is 85.1 cm³/mol. The highest BCUT2D eigenvalue weighted by Crippen LogP contribution is 2.64. The van der Waals surface area contributed by atoms with E-state index in [9.17, 15) is 15.3 Å². The molecule has 2 unspecified atom stereocenters. The van der Waals surface area contributed by atoms with Gasteiger partial charge in [0.2, 0.25) is 0 Å². The fraction of sp³-hybridized carbons (Fsp3) is 0.895. The minimum Gasteiger partial charge on any atom is -0.395 e. The van der Waals surface area contributed by atoms with Crippen LogP contribution >= 0.6 is 0 Å². The average molecular weight is 306 g/mol. The first kappa shape index (κ1) is 15.2. The van der Waals surface area contributed by atoms with Gasteiger partial charge in [0, 0.05) is 5.41 Å². The highest BCUT2D eigenvalue weighted by Gasteiger charge is 2.59. The number of fused-ring (bicyclic) bond motifs is 5. The number of hydrogen-bond acceptors (Lipinski definition) is 3. The summed E-state index contributed by atoms with van der Waals surface area (Å²) in [5.74, 6) is 1.77. The third-order valence-electron chi connectivity index (χ3n) is 8.03. The summed E-state index contributed by atoms with van der Waals surface area (Å²) in [5.41, 5.74) is 1.35. The van der Waals surface area contributed by atoms with E-state index in [0.29, 0.717) is 17.8 Å². The summed E-state index contributed by atoms with van der Waals surface area (Å²) in [7, 11) is 0. The van der Waals surface area contributed by atoms with E-state index in [0.717, 1.165) is 51.4 Å². The Morgan fingerprint density at radius 2 is 1.91 bits per heavy atom. The molecular formula is C19H30O3. The van der Waals surface area contributed by atoms with Gasteiger partial charge in [-0.25, -0.2) is 0 Å². The molecule has 0 bridgehead atoms. The molecule has 4 rings (SSSR count). The fourth-order valence-electron chi connectivity index (χ4n) is 6.70. The molecule has 3 N–H and O–H groups in total. The molecule has 3 nitrogen and oxygen atoms in total. The largest absolute Gasteiger partial charge is 0.395 e. The molecule has 22 heavy (non-hydrogen) atoms. The van der Waals surface area contributed by atoms with Crippen LogP contribution in [0.25, 0.3) is 0 Å². The fourth-order valence-corrected chi connectivity index (χ4v) is 6.70. The van der Waals surface area contributed by atoms with E-state index in [1.165, 1.54) is 5.57 Å². The minimum atomic E-state index is -0.218. The zero-order valence-corrected chi connectivity index (χ0v) is 13.7. The van der Waals surface area contributed by atoms with E-state index in [1.54, 1.807) is 0 Å². The zero-order valence-electron chi connectivity index (χ0n) is 13.7. The molecule has 0 amide bonds. The van der Waals surface area contributed by atoms with Crippen molar-refractivity contribution >= 4 is 0 Å². The number of rotatable bonds is 1. The van der Waals surface area contributed by atoms with E-state index in [4.69, 9.17) is 0 Å². The van der Waals surface area contributed by atoms with Gasteiger partial charge in [-0.3, -0.25) is 0 Å².